The van der Waals surface area contributed by atoms with Gasteiger partial charge < -0.3 is 10.1 Å². The Morgan fingerprint density at radius 3 is 2.22 bits per heavy atom. The highest BCUT2D eigenvalue weighted by Gasteiger charge is 2.25. The topological polar surface area (TPSA) is 67.4 Å². The van der Waals surface area contributed by atoms with E-state index in [1.54, 1.807) is 7.11 Å². The summed E-state index contributed by atoms with van der Waals surface area (Å²) < 4.78 is 30.4. The molecule has 1 aliphatic rings. The van der Waals surface area contributed by atoms with E-state index < -0.39 is 15.6 Å². The molecular formula is C12H26N2O3S. The molecule has 2 N–H and O–H groups in total. The Morgan fingerprint density at radius 2 is 1.78 bits per heavy atom. The van der Waals surface area contributed by atoms with Gasteiger partial charge in [-0.3, -0.25) is 0 Å². The minimum Gasteiger partial charge on any atom is -0.381 e. The number of hydrogen-bond donors (Lipinski definition) is 2. The molecule has 0 aliphatic heterocycles. The molecule has 0 aromatic rings. The third-order valence-electron chi connectivity index (χ3n) is 3.30. The van der Waals surface area contributed by atoms with Gasteiger partial charge in [0, 0.05) is 25.2 Å². The monoisotopic (exact) mass is 278 g/mol. The molecule has 0 saturated heterocycles. The van der Waals surface area contributed by atoms with Gasteiger partial charge >= 0.3 is 0 Å². The summed E-state index contributed by atoms with van der Waals surface area (Å²) in [6.07, 6.45) is 5.92. The fraction of sp³-hybridized carbons (Fsp3) is 1.00. The van der Waals surface area contributed by atoms with Crippen molar-refractivity contribution in [2.75, 3.05) is 19.9 Å². The van der Waals surface area contributed by atoms with E-state index in [-0.39, 0.29) is 0 Å². The van der Waals surface area contributed by atoms with Crippen LogP contribution in [0.4, 0.5) is 0 Å². The van der Waals surface area contributed by atoms with Gasteiger partial charge in [-0.05, 0) is 39.5 Å². The number of methoxy groups -OCH3 is 1. The molecule has 1 aliphatic carbocycles. The van der Waals surface area contributed by atoms with Crippen LogP contribution in [0, 0.1) is 0 Å². The predicted molar refractivity (Wildman–Crippen MR) is 73.1 cm³/mol. The van der Waals surface area contributed by atoms with Crippen LogP contribution in [0.1, 0.15) is 39.5 Å². The number of ether oxygens (including phenoxy) is 1. The van der Waals surface area contributed by atoms with Crippen molar-refractivity contribution in [3.63, 3.8) is 0 Å². The Morgan fingerprint density at radius 1 is 1.22 bits per heavy atom. The summed E-state index contributed by atoms with van der Waals surface area (Å²) in [6.45, 7) is 4.42. The number of sulfonamides is 1. The van der Waals surface area contributed by atoms with Crippen LogP contribution < -0.4 is 10.0 Å². The van der Waals surface area contributed by atoms with Gasteiger partial charge in [0.1, 0.15) is 0 Å². The van der Waals surface area contributed by atoms with Gasteiger partial charge in [-0.2, -0.15) is 0 Å². The van der Waals surface area contributed by atoms with E-state index in [0.29, 0.717) is 18.7 Å². The van der Waals surface area contributed by atoms with Crippen molar-refractivity contribution in [1.82, 2.24) is 10.0 Å². The zero-order valence-corrected chi connectivity index (χ0v) is 12.6. The fourth-order valence-corrected chi connectivity index (χ4v) is 3.52. The summed E-state index contributed by atoms with van der Waals surface area (Å²) in [5, 5.41) is 3.45. The first-order valence-corrected chi connectivity index (χ1v) is 8.36. The lowest BCUT2D eigenvalue weighted by molar-refractivity contribution is 0.0620. The van der Waals surface area contributed by atoms with Crippen molar-refractivity contribution in [1.29, 1.82) is 0 Å². The zero-order chi connectivity index (χ0) is 13.8. The second kappa shape index (κ2) is 6.32. The lowest BCUT2D eigenvalue weighted by Crippen LogP contribution is -2.52. The second-order valence-corrected chi connectivity index (χ2v) is 7.60. The molecule has 0 radical (unpaired) electrons. The highest BCUT2D eigenvalue weighted by molar-refractivity contribution is 7.88. The molecule has 0 aromatic heterocycles. The molecule has 5 nitrogen and oxygen atoms in total. The lowest BCUT2D eigenvalue weighted by atomic mass is 9.92. The van der Waals surface area contributed by atoms with Crippen LogP contribution in [0.2, 0.25) is 0 Å². The van der Waals surface area contributed by atoms with Gasteiger partial charge in [0.05, 0.1) is 12.4 Å². The van der Waals surface area contributed by atoms with Crippen molar-refractivity contribution in [2.45, 2.75) is 57.2 Å². The summed E-state index contributed by atoms with van der Waals surface area (Å²) in [4.78, 5) is 0. The van der Waals surface area contributed by atoms with E-state index in [1.165, 1.54) is 6.26 Å². The van der Waals surface area contributed by atoms with Gasteiger partial charge in [0.25, 0.3) is 0 Å². The third kappa shape index (κ3) is 6.13. The molecule has 0 heterocycles. The molecule has 0 aromatic carbocycles. The fourth-order valence-electron chi connectivity index (χ4n) is 2.44. The first kappa shape index (κ1) is 15.9. The molecule has 18 heavy (non-hydrogen) atoms. The zero-order valence-electron chi connectivity index (χ0n) is 11.8. The van der Waals surface area contributed by atoms with E-state index >= 15 is 0 Å². The minimum atomic E-state index is -3.16. The highest BCUT2D eigenvalue weighted by Crippen LogP contribution is 2.20. The smallest absolute Gasteiger partial charge is 0.209 e. The van der Waals surface area contributed by atoms with Crippen LogP contribution in [0.25, 0.3) is 0 Å². The molecule has 0 bridgehead atoms. The maximum Gasteiger partial charge on any atom is 0.209 e. The van der Waals surface area contributed by atoms with E-state index in [2.05, 4.69) is 10.0 Å². The van der Waals surface area contributed by atoms with E-state index in [9.17, 15) is 8.42 Å². The van der Waals surface area contributed by atoms with E-state index in [0.717, 1.165) is 25.7 Å². The van der Waals surface area contributed by atoms with Crippen LogP contribution in [0.15, 0.2) is 0 Å². The first-order chi connectivity index (χ1) is 8.22. The SMILES string of the molecule is COC1CCC(NCC(C)(C)NS(C)(=O)=O)CC1. The Labute approximate surface area is 111 Å². The van der Waals surface area contributed by atoms with Crippen molar-refractivity contribution in [3.8, 4) is 0 Å². The molecule has 1 fully saturated rings. The Hall–Kier alpha value is -0.170. The van der Waals surface area contributed by atoms with Crippen LogP contribution >= 0.6 is 0 Å². The third-order valence-corrected chi connectivity index (χ3v) is 4.23. The predicted octanol–water partition coefficient (Wildman–Crippen LogP) is 0.861. The lowest BCUT2D eigenvalue weighted by Gasteiger charge is -2.32. The number of nitrogens with one attached hydrogen (secondary N) is 2. The van der Waals surface area contributed by atoms with Crippen LogP contribution in [-0.2, 0) is 14.8 Å². The Balaban J connectivity index is 2.32. The average Bonchev–Trinajstić information content (AvgIpc) is 2.24. The molecule has 0 unspecified atom stereocenters. The number of hydrogen-bond acceptors (Lipinski definition) is 4. The van der Waals surface area contributed by atoms with Crippen LogP contribution in [0.3, 0.4) is 0 Å². The summed E-state index contributed by atoms with van der Waals surface area (Å²) in [7, 11) is -1.40. The van der Waals surface area contributed by atoms with E-state index in [1.807, 2.05) is 13.8 Å². The standard InChI is InChI=1S/C12H26N2O3S/c1-12(2,14-18(4,15)16)9-13-10-5-7-11(17-3)8-6-10/h10-11,13-14H,5-9H2,1-4H3. The quantitative estimate of drug-likeness (QED) is 0.756. The molecule has 0 atom stereocenters. The molecular weight excluding hydrogens is 252 g/mol. The van der Waals surface area contributed by atoms with Crippen LogP contribution in [0.5, 0.6) is 0 Å². The number of rotatable bonds is 6. The summed E-state index contributed by atoms with van der Waals surface area (Å²) in [6, 6.07) is 0.469. The van der Waals surface area contributed by atoms with Crippen molar-refractivity contribution >= 4 is 10.0 Å². The molecule has 0 spiro atoms. The Kier molecular flexibility index (Phi) is 5.58. The van der Waals surface area contributed by atoms with Crippen molar-refractivity contribution in [2.24, 2.45) is 0 Å². The first-order valence-electron chi connectivity index (χ1n) is 6.47. The maximum absolute atomic E-state index is 11.2. The molecule has 0 amide bonds. The molecule has 6 heteroatoms. The van der Waals surface area contributed by atoms with Crippen molar-refractivity contribution < 1.29 is 13.2 Å². The summed E-state index contributed by atoms with van der Waals surface area (Å²) >= 11 is 0. The molecule has 1 saturated carbocycles. The molecule has 1 rings (SSSR count). The van der Waals surface area contributed by atoms with E-state index in [4.69, 9.17) is 4.74 Å². The largest absolute Gasteiger partial charge is 0.381 e. The summed E-state index contributed by atoms with van der Waals surface area (Å²) in [5.74, 6) is 0. The second-order valence-electron chi connectivity index (χ2n) is 5.85. The average molecular weight is 278 g/mol. The Bertz CT molecular complexity index is 346. The highest BCUT2D eigenvalue weighted by atomic mass is 32.2. The van der Waals surface area contributed by atoms with Gasteiger partial charge in [-0.1, -0.05) is 0 Å². The molecule has 108 valence electrons. The van der Waals surface area contributed by atoms with Gasteiger partial charge in [-0.25, -0.2) is 13.1 Å². The maximum atomic E-state index is 11.2. The summed E-state index contributed by atoms with van der Waals surface area (Å²) in [5.41, 5.74) is -0.453. The van der Waals surface area contributed by atoms with Gasteiger partial charge in [0.15, 0.2) is 0 Å². The minimum absolute atomic E-state index is 0.394. The van der Waals surface area contributed by atoms with Gasteiger partial charge in [-0.15, -0.1) is 0 Å². The van der Waals surface area contributed by atoms with Crippen molar-refractivity contribution in [3.05, 3.63) is 0 Å². The van der Waals surface area contributed by atoms with Gasteiger partial charge in [0.2, 0.25) is 10.0 Å². The van der Waals surface area contributed by atoms with Crippen LogP contribution in [-0.4, -0.2) is 46.0 Å². The normalized spacial score (nSPS) is 26.2.